The van der Waals surface area contributed by atoms with E-state index in [2.05, 4.69) is 36.5 Å². The molecular formula is C30H26N2O3S. The van der Waals surface area contributed by atoms with Crippen molar-refractivity contribution in [3.63, 3.8) is 0 Å². The number of Topliss-reactive ketones (excluding diaryl/α,β-unsaturated/α-hetero) is 1. The zero-order valence-corrected chi connectivity index (χ0v) is 20.8. The van der Waals surface area contributed by atoms with E-state index in [4.69, 9.17) is 4.42 Å². The highest BCUT2D eigenvalue weighted by Crippen LogP contribution is 2.47. The third-order valence-corrected chi connectivity index (χ3v) is 7.90. The average molecular weight is 495 g/mol. The van der Waals surface area contributed by atoms with Gasteiger partial charge in [0.05, 0.1) is 24.1 Å². The number of ketones is 1. The normalized spacial score (nSPS) is 19.4. The molecular weight excluding hydrogens is 468 g/mol. The molecule has 4 aromatic rings. The van der Waals surface area contributed by atoms with E-state index in [0.29, 0.717) is 24.2 Å². The molecule has 0 saturated heterocycles. The summed E-state index contributed by atoms with van der Waals surface area (Å²) in [5.41, 5.74) is 5.38. The van der Waals surface area contributed by atoms with Crippen LogP contribution in [0.3, 0.4) is 0 Å². The molecule has 180 valence electrons. The van der Waals surface area contributed by atoms with Gasteiger partial charge in [-0.05, 0) is 60.5 Å². The van der Waals surface area contributed by atoms with Crippen molar-refractivity contribution in [3.8, 4) is 0 Å². The van der Waals surface area contributed by atoms with E-state index in [1.807, 2.05) is 53.9 Å². The van der Waals surface area contributed by atoms with Gasteiger partial charge in [-0.15, -0.1) is 11.3 Å². The zero-order valence-electron chi connectivity index (χ0n) is 19.9. The predicted molar refractivity (Wildman–Crippen MR) is 142 cm³/mol. The summed E-state index contributed by atoms with van der Waals surface area (Å²) in [6, 6.07) is 23.1. The zero-order chi connectivity index (χ0) is 24.6. The molecule has 6 heteroatoms. The number of hydrogen-bond acceptors (Lipinski definition) is 5. The second-order valence-corrected chi connectivity index (χ2v) is 10.4. The second-order valence-electron chi connectivity index (χ2n) is 9.41. The minimum absolute atomic E-state index is 0.0393. The summed E-state index contributed by atoms with van der Waals surface area (Å²) in [6.07, 6.45) is 2.93. The van der Waals surface area contributed by atoms with Gasteiger partial charge in [0.25, 0.3) is 0 Å². The number of carbonyl (C=O) groups is 2. The van der Waals surface area contributed by atoms with Crippen molar-refractivity contribution < 1.29 is 14.0 Å². The Labute approximate surface area is 214 Å². The Hall–Kier alpha value is -3.90. The number of allylic oxidation sites excluding steroid dienone is 1. The summed E-state index contributed by atoms with van der Waals surface area (Å²) < 4.78 is 5.88. The summed E-state index contributed by atoms with van der Waals surface area (Å²) in [5, 5.41) is 5.54. The number of carbonyl (C=O) groups excluding carboxylic acids is 2. The van der Waals surface area contributed by atoms with Gasteiger partial charge in [-0.25, -0.2) is 0 Å². The highest BCUT2D eigenvalue weighted by atomic mass is 32.1. The van der Waals surface area contributed by atoms with Crippen molar-refractivity contribution in [2.24, 2.45) is 0 Å². The molecule has 1 aliphatic carbocycles. The summed E-state index contributed by atoms with van der Waals surface area (Å²) in [6.45, 7) is 2.07. The number of hydrogen-bond donors (Lipinski definition) is 1. The molecule has 36 heavy (non-hydrogen) atoms. The van der Waals surface area contributed by atoms with E-state index in [9.17, 15) is 9.59 Å². The van der Waals surface area contributed by atoms with Crippen molar-refractivity contribution >= 4 is 34.4 Å². The molecule has 0 saturated carbocycles. The third-order valence-electron chi connectivity index (χ3n) is 7.02. The number of amides is 1. The van der Waals surface area contributed by atoms with Crippen LogP contribution in [0.4, 0.5) is 11.4 Å². The maximum Gasteiger partial charge on any atom is 0.233 e. The van der Waals surface area contributed by atoms with Crippen LogP contribution in [-0.2, 0) is 16.0 Å². The van der Waals surface area contributed by atoms with Crippen LogP contribution in [0.2, 0.25) is 0 Å². The van der Waals surface area contributed by atoms with Crippen LogP contribution in [0, 0.1) is 6.92 Å². The van der Waals surface area contributed by atoms with E-state index < -0.39 is 6.04 Å². The van der Waals surface area contributed by atoms with Gasteiger partial charge in [-0.1, -0.05) is 48.0 Å². The Morgan fingerprint density at radius 2 is 1.86 bits per heavy atom. The molecule has 2 aromatic heterocycles. The molecule has 2 aliphatic rings. The number of para-hydroxylation sites is 2. The number of nitrogens with zero attached hydrogens (tertiary/aromatic N) is 1. The fraction of sp³-hybridized carbons (Fsp3) is 0.200. The molecule has 1 aliphatic heterocycles. The number of anilines is 2. The van der Waals surface area contributed by atoms with Gasteiger partial charge in [0.2, 0.25) is 5.91 Å². The first-order valence-corrected chi connectivity index (χ1v) is 13.0. The Morgan fingerprint density at radius 3 is 2.61 bits per heavy atom. The van der Waals surface area contributed by atoms with Gasteiger partial charge in [-0.3, -0.25) is 14.5 Å². The maximum absolute atomic E-state index is 13.9. The molecule has 1 N–H and O–H groups in total. The summed E-state index contributed by atoms with van der Waals surface area (Å²) >= 11 is 1.56. The van der Waals surface area contributed by atoms with E-state index in [1.54, 1.807) is 22.5 Å². The van der Waals surface area contributed by atoms with Gasteiger partial charge in [0.15, 0.2) is 5.78 Å². The summed E-state index contributed by atoms with van der Waals surface area (Å²) in [5.74, 6) is 0.623. The van der Waals surface area contributed by atoms with Gasteiger partial charge in [-0.2, -0.15) is 0 Å². The summed E-state index contributed by atoms with van der Waals surface area (Å²) in [4.78, 5) is 30.6. The van der Waals surface area contributed by atoms with Crippen molar-refractivity contribution in [2.75, 3.05) is 10.2 Å². The number of fused-ring (bicyclic) bond motifs is 1. The van der Waals surface area contributed by atoms with Crippen molar-refractivity contribution in [1.82, 2.24) is 0 Å². The van der Waals surface area contributed by atoms with Crippen molar-refractivity contribution in [1.29, 1.82) is 0 Å². The Morgan fingerprint density at radius 1 is 1.03 bits per heavy atom. The van der Waals surface area contributed by atoms with E-state index in [1.165, 1.54) is 5.56 Å². The van der Waals surface area contributed by atoms with Gasteiger partial charge < -0.3 is 9.73 Å². The van der Waals surface area contributed by atoms with E-state index in [-0.39, 0.29) is 24.0 Å². The molecule has 1 amide bonds. The van der Waals surface area contributed by atoms with Crippen molar-refractivity contribution in [3.05, 3.63) is 117 Å². The first-order chi connectivity index (χ1) is 17.6. The van der Waals surface area contributed by atoms with Crippen LogP contribution in [0.5, 0.6) is 0 Å². The molecule has 3 heterocycles. The largest absolute Gasteiger partial charge is 0.467 e. The lowest BCUT2D eigenvalue weighted by atomic mass is 9.79. The molecule has 0 spiro atoms. The minimum atomic E-state index is -0.634. The van der Waals surface area contributed by atoms with Crippen LogP contribution in [0.15, 0.2) is 100 Å². The maximum atomic E-state index is 13.9. The Kier molecular flexibility index (Phi) is 5.82. The fourth-order valence-electron chi connectivity index (χ4n) is 5.30. The second kappa shape index (κ2) is 9.28. The van der Waals surface area contributed by atoms with Crippen LogP contribution in [0.25, 0.3) is 0 Å². The topological polar surface area (TPSA) is 62.6 Å². The van der Waals surface area contributed by atoms with Gasteiger partial charge in [0, 0.05) is 22.6 Å². The number of thiophene rings is 1. The van der Waals surface area contributed by atoms with Gasteiger partial charge >= 0.3 is 0 Å². The van der Waals surface area contributed by atoms with Crippen LogP contribution < -0.4 is 10.2 Å². The monoisotopic (exact) mass is 494 g/mol. The number of benzene rings is 2. The molecule has 0 fully saturated rings. The quantitative estimate of drug-likeness (QED) is 0.339. The first kappa shape index (κ1) is 22.6. The smallest absolute Gasteiger partial charge is 0.233 e. The van der Waals surface area contributed by atoms with Crippen LogP contribution >= 0.6 is 11.3 Å². The lowest BCUT2D eigenvalue weighted by molar-refractivity contribution is -0.118. The molecule has 5 nitrogen and oxygen atoms in total. The Balaban J connectivity index is 1.49. The highest BCUT2D eigenvalue weighted by molar-refractivity contribution is 7.10. The number of rotatable bonds is 4. The SMILES string of the molecule is Cc1ccc([C@@H]2CC(=O)C3=C(C2)Nc2ccccc2N(C(=O)Cc2cccs2)[C@@H]3c2ccco2)cc1. The molecule has 0 bridgehead atoms. The fourth-order valence-corrected chi connectivity index (χ4v) is 6.00. The predicted octanol–water partition coefficient (Wildman–Crippen LogP) is 6.79. The average Bonchev–Trinajstić information content (AvgIpc) is 3.56. The number of nitrogens with one attached hydrogen (secondary N) is 1. The first-order valence-electron chi connectivity index (χ1n) is 12.1. The third kappa shape index (κ3) is 4.07. The minimum Gasteiger partial charge on any atom is -0.467 e. The number of aryl methyl sites for hydroxylation is 1. The van der Waals surface area contributed by atoms with Crippen LogP contribution in [0.1, 0.15) is 46.6 Å². The number of furan rings is 1. The molecule has 0 unspecified atom stereocenters. The molecule has 2 aromatic carbocycles. The van der Waals surface area contributed by atoms with Crippen LogP contribution in [-0.4, -0.2) is 11.7 Å². The molecule has 6 rings (SSSR count). The van der Waals surface area contributed by atoms with Gasteiger partial charge in [0.1, 0.15) is 11.8 Å². The van der Waals surface area contributed by atoms with E-state index >= 15 is 0 Å². The molecule has 0 radical (unpaired) electrons. The lowest BCUT2D eigenvalue weighted by Crippen LogP contribution is -2.39. The lowest BCUT2D eigenvalue weighted by Gasteiger charge is -2.33. The van der Waals surface area contributed by atoms with Crippen molar-refractivity contribution in [2.45, 2.75) is 38.1 Å². The Bertz CT molecular complexity index is 1440. The standard InChI is InChI=1S/C30H26N2O3S/c1-19-10-12-20(13-11-19)21-16-24-29(26(33)17-21)30(27-9-4-14-35-27)32(25-8-3-2-7-23(25)31-24)28(34)18-22-6-5-15-36-22/h2-15,21,30-31H,16-18H2,1H3/t21-,30+/m0/s1. The highest BCUT2D eigenvalue weighted by Gasteiger charge is 2.42. The van der Waals surface area contributed by atoms with E-state index in [0.717, 1.165) is 27.5 Å². The summed E-state index contributed by atoms with van der Waals surface area (Å²) in [7, 11) is 0. The molecule has 2 atom stereocenters.